The van der Waals surface area contributed by atoms with E-state index in [4.69, 9.17) is 11.6 Å². The Morgan fingerprint density at radius 2 is 1.53 bits per heavy atom. The highest BCUT2D eigenvalue weighted by Gasteiger charge is 2.33. The number of aryl methyl sites for hydroxylation is 2. The minimum absolute atomic E-state index is 0.0385. The Hall–Kier alpha value is -3.04. The van der Waals surface area contributed by atoms with Gasteiger partial charge in [-0.1, -0.05) is 35.4 Å². The van der Waals surface area contributed by atoms with Crippen LogP contribution in [0.4, 0.5) is 24.5 Å². The van der Waals surface area contributed by atoms with E-state index >= 15 is 0 Å². The van der Waals surface area contributed by atoms with Gasteiger partial charge < -0.3 is 5.32 Å². The number of rotatable bonds is 5. The second-order valence-electron chi connectivity index (χ2n) is 7.10. The Morgan fingerprint density at radius 3 is 2.16 bits per heavy atom. The van der Waals surface area contributed by atoms with E-state index in [9.17, 15) is 26.4 Å². The van der Waals surface area contributed by atoms with Crippen LogP contribution in [0, 0.1) is 13.8 Å². The van der Waals surface area contributed by atoms with Crippen LogP contribution in [0.15, 0.2) is 65.6 Å². The second-order valence-corrected chi connectivity index (χ2v) is 9.16. The van der Waals surface area contributed by atoms with Gasteiger partial charge in [0.2, 0.25) is 0 Å². The van der Waals surface area contributed by atoms with Crippen molar-refractivity contribution in [2.24, 2.45) is 0 Å². The summed E-state index contributed by atoms with van der Waals surface area (Å²) in [7, 11) is -4.01. The van der Waals surface area contributed by atoms with Gasteiger partial charge in [-0.15, -0.1) is 0 Å². The number of benzene rings is 3. The quantitative estimate of drug-likeness (QED) is 0.466. The molecule has 0 heterocycles. The molecular weight excluding hydrogens is 465 g/mol. The molecule has 3 rings (SSSR count). The number of nitrogens with one attached hydrogen (secondary N) is 2. The summed E-state index contributed by atoms with van der Waals surface area (Å²) in [6.07, 6.45) is -4.69. The van der Waals surface area contributed by atoms with Gasteiger partial charge in [-0.05, 0) is 61.9 Å². The van der Waals surface area contributed by atoms with Crippen molar-refractivity contribution in [1.29, 1.82) is 0 Å². The lowest BCUT2D eigenvalue weighted by atomic mass is 10.1. The normalized spacial score (nSPS) is 11.8. The van der Waals surface area contributed by atoms with Crippen LogP contribution >= 0.6 is 11.6 Å². The lowest BCUT2D eigenvalue weighted by molar-refractivity contribution is -0.137. The van der Waals surface area contributed by atoms with Gasteiger partial charge in [0.1, 0.15) is 0 Å². The lowest BCUT2D eigenvalue weighted by Gasteiger charge is -2.14. The molecule has 0 unspecified atom stereocenters. The highest BCUT2D eigenvalue weighted by atomic mass is 35.5. The van der Waals surface area contributed by atoms with Crippen LogP contribution in [-0.4, -0.2) is 14.3 Å². The van der Waals surface area contributed by atoms with Crippen LogP contribution in [-0.2, 0) is 16.2 Å². The fraction of sp³-hybridized carbons (Fsp3) is 0.136. The molecule has 0 atom stereocenters. The maximum atomic E-state index is 13.0. The first-order chi connectivity index (χ1) is 14.9. The highest BCUT2D eigenvalue weighted by molar-refractivity contribution is 7.92. The molecule has 0 aliphatic rings. The van der Waals surface area contributed by atoms with E-state index in [1.165, 1.54) is 24.3 Å². The first-order valence-corrected chi connectivity index (χ1v) is 11.1. The van der Waals surface area contributed by atoms with E-state index in [0.29, 0.717) is 17.3 Å². The van der Waals surface area contributed by atoms with Crippen molar-refractivity contribution in [3.63, 3.8) is 0 Å². The predicted molar refractivity (Wildman–Crippen MR) is 118 cm³/mol. The third-order valence-electron chi connectivity index (χ3n) is 4.57. The van der Waals surface area contributed by atoms with E-state index in [1.807, 2.05) is 6.92 Å². The van der Waals surface area contributed by atoms with Gasteiger partial charge in [-0.2, -0.15) is 13.2 Å². The van der Waals surface area contributed by atoms with Crippen LogP contribution in [0.3, 0.4) is 0 Å². The molecule has 1 amide bonds. The van der Waals surface area contributed by atoms with Gasteiger partial charge in [0, 0.05) is 16.9 Å². The van der Waals surface area contributed by atoms with Gasteiger partial charge in [0.25, 0.3) is 15.9 Å². The van der Waals surface area contributed by atoms with Gasteiger partial charge in [0.05, 0.1) is 15.5 Å². The van der Waals surface area contributed by atoms with Gasteiger partial charge in [-0.25, -0.2) is 8.42 Å². The summed E-state index contributed by atoms with van der Waals surface area (Å²) in [5.41, 5.74) is 0.445. The molecule has 3 aromatic carbocycles. The summed E-state index contributed by atoms with van der Waals surface area (Å²) in [5.74, 6) is -0.771. The number of carbonyl (C=O) groups is 1. The topological polar surface area (TPSA) is 75.3 Å². The average molecular weight is 483 g/mol. The molecule has 168 valence electrons. The summed E-state index contributed by atoms with van der Waals surface area (Å²) < 4.78 is 67.3. The molecule has 0 radical (unpaired) electrons. The summed E-state index contributed by atoms with van der Waals surface area (Å²) in [6, 6.07) is 13.7. The average Bonchev–Trinajstić information content (AvgIpc) is 2.70. The SMILES string of the molecule is Cc1ccc(NS(=O)(=O)c2cc(C(=O)Nc3ccc(Cl)c(C(F)(F)F)c3)ccc2C)cc1. The molecule has 10 heteroatoms. The number of carbonyl (C=O) groups excluding carboxylic acids is 1. The van der Waals surface area contributed by atoms with Crippen molar-refractivity contribution in [3.05, 3.63) is 87.9 Å². The second kappa shape index (κ2) is 8.84. The standard InChI is InChI=1S/C22H18ClF3N2O3S/c1-13-3-7-16(8-4-13)28-32(30,31)20-11-15(6-5-14(20)2)21(29)27-17-9-10-19(23)18(12-17)22(24,25)26/h3-12,28H,1-2H3,(H,27,29). The Kier molecular flexibility index (Phi) is 6.52. The van der Waals surface area contributed by atoms with Crippen LogP contribution in [0.25, 0.3) is 0 Å². The number of alkyl halides is 3. The van der Waals surface area contributed by atoms with E-state index in [1.54, 1.807) is 31.2 Å². The maximum Gasteiger partial charge on any atom is 0.417 e. The smallest absolute Gasteiger partial charge is 0.322 e. The third kappa shape index (κ3) is 5.41. The van der Waals surface area contributed by atoms with Crippen LogP contribution in [0.1, 0.15) is 27.0 Å². The number of sulfonamides is 1. The number of hydrogen-bond donors (Lipinski definition) is 2. The molecular formula is C22H18ClF3N2O3S. The minimum Gasteiger partial charge on any atom is -0.322 e. The fourth-order valence-corrected chi connectivity index (χ4v) is 4.44. The van der Waals surface area contributed by atoms with E-state index in [-0.39, 0.29) is 16.1 Å². The molecule has 0 saturated heterocycles. The Labute approximate surface area is 188 Å². The molecule has 3 aromatic rings. The zero-order valence-corrected chi connectivity index (χ0v) is 18.5. The number of anilines is 2. The van der Waals surface area contributed by atoms with Gasteiger partial charge in [0.15, 0.2) is 0 Å². The first-order valence-electron chi connectivity index (χ1n) is 9.25. The summed E-state index contributed by atoms with van der Waals surface area (Å²) in [4.78, 5) is 12.5. The molecule has 0 aromatic heterocycles. The van der Waals surface area contributed by atoms with E-state index in [2.05, 4.69) is 10.0 Å². The summed E-state index contributed by atoms with van der Waals surface area (Å²) in [5, 5.41) is 1.84. The van der Waals surface area contributed by atoms with E-state index in [0.717, 1.165) is 11.6 Å². The fourth-order valence-electron chi connectivity index (χ4n) is 2.89. The van der Waals surface area contributed by atoms with Crippen molar-refractivity contribution in [2.75, 3.05) is 10.0 Å². The lowest BCUT2D eigenvalue weighted by Crippen LogP contribution is -2.17. The molecule has 0 fully saturated rings. The predicted octanol–water partition coefficient (Wildman–Crippen LogP) is 6.03. The van der Waals surface area contributed by atoms with Crippen LogP contribution in [0.2, 0.25) is 5.02 Å². The van der Waals surface area contributed by atoms with Crippen molar-refractivity contribution in [1.82, 2.24) is 0 Å². The van der Waals surface area contributed by atoms with Gasteiger partial charge >= 0.3 is 6.18 Å². The minimum atomic E-state index is -4.69. The molecule has 0 spiro atoms. The molecule has 0 bridgehead atoms. The summed E-state index contributed by atoms with van der Waals surface area (Å²) in [6.45, 7) is 3.43. The van der Waals surface area contributed by atoms with Crippen molar-refractivity contribution in [2.45, 2.75) is 24.9 Å². The molecule has 5 nitrogen and oxygen atoms in total. The Bertz CT molecular complexity index is 1270. The highest BCUT2D eigenvalue weighted by Crippen LogP contribution is 2.36. The van der Waals surface area contributed by atoms with Crippen molar-refractivity contribution >= 4 is 38.9 Å². The molecule has 32 heavy (non-hydrogen) atoms. The number of halogens is 4. The van der Waals surface area contributed by atoms with Crippen LogP contribution < -0.4 is 10.0 Å². The molecule has 0 aliphatic heterocycles. The molecule has 0 aliphatic carbocycles. The number of amides is 1. The monoisotopic (exact) mass is 482 g/mol. The van der Waals surface area contributed by atoms with Gasteiger partial charge in [-0.3, -0.25) is 9.52 Å². The summed E-state index contributed by atoms with van der Waals surface area (Å²) >= 11 is 5.59. The first kappa shape index (κ1) is 23.6. The molecule has 2 N–H and O–H groups in total. The van der Waals surface area contributed by atoms with E-state index < -0.39 is 32.7 Å². The van der Waals surface area contributed by atoms with Crippen molar-refractivity contribution in [3.8, 4) is 0 Å². The number of hydrogen-bond acceptors (Lipinski definition) is 3. The van der Waals surface area contributed by atoms with Crippen molar-refractivity contribution < 1.29 is 26.4 Å². The van der Waals surface area contributed by atoms with Crippen LogP contribution in [0.5, 0.6) is 0 Å². The zero-order valence-electron chi connectivity index (χ0n) is 16.9. The largest absolute Gasteiger partial charge is 0.417 e. The molecule has 0 saturated carbocycles. The maximum absolute atomic E-state index is 13.0. The zero-order chi connectivity index (χ0) is 23.7. The third-order valence-corrected chi connectivity index (χ3v) is 6.43. The Balaban J connectivity index is 1.88. The Morgan fingerprint density at radius 1 is 0.906 bits per heavy atom.